The second kappa shape index (κ2) is 14.5. The molecule has 0 spiro atoms. The number of hydrogen-bond acceptors (Lipinski definition) is 4. The summed E-state index contributed by atoms with van der Waals surface area (Å²) in [5.74, 6) is 3.86. The van der Waals surface area contributed by atoms with Gasteiger partial charge in [0.05, 0.1) is 18.9 Å². The zero-order valence-electron chi connectivity index (χ0n) is 14.7. The molecule has 1 fully saturated rings. The van der Waals surface area contributed by atoms with Crippen LogP contribution in [0.4, 0.5) is 0 Å². The van der Waals surface area contributed by atoms with Gasteiger partial charge in [-0.3, -0.25) is 4.99 Å². The molecule has 0 aromatic carbocycles. The van der Waals surface area contributed by atoms with Gasteiger partial charge in [-0.2, -0.15) is 11.8 Å². The molecule has 1 atom stereocenters. The van der Waals surface area contributed by atoms with Crippen LogP contribution in [0.2, 0.25) is 0 Å². The molecule has 2 heterocycles. The Balaban J connectivity index is 0.00000312. The SMILES string of the molecule is C=CCSCCNC(=NCC1CCCCO1)NCCc1ccco1.I. The minimum absolute atomic E-state index is 0. The summed E-state index contributed by atoms with van der Waals surface area (Å²) in [5, 5.41) is 6.78. The monoisotopic (exact) mass is 479 g/mol. The summed E-state index contributed by atoms with van der Waals surface area (Å²) in [7, 11) is 0. The van der Waals surface area contributed by atoms with E-state index in [0.717, 1.165) is 62.3 Å². The molecule has 2 rings (SSSR count). The molecule has 0 bridgehead atoms. The van der Waals surface area contributed by atoms with Crippen LogP contribution in [-0.4, -0.2) is 49.8 Å². The number of ether oxygens (including phenoxy) is 1. The van der Waals surface area contributed by atoms with Gasteiger partial charge < -0.3 is 19.8 Å². The van der Waals surface area contributed by atoms with Crippen molar-refractivity contribution in [3.8, 4) is 0 Å². The van der Waals surface area contributed by atoms with E-state index in [1.807, 2.05) is 30.0 Å². The van der Waals surface area contributed by atoms with Gasteiger partial charge in [-0.05, 0) is 31.4 Å². The summed E-state index contributed by atoms with van der Waals surface area (Å²) in [6.45, 7) is 7.01. The van der Waals surface area contributed by atoms with E-state index in [-0.39, 0.29) is 30.1 Å². The molecule has 2 N–H and O–H groups in total. The normalized spacial score (nSPS) is 17.6. The fourth-order valence-electron chi connectivity index (χ4n) is 2.49. The summed E-state index contributed by atoms with van der Waals surface area (Å²) in [6, 6.07) is 3.91. The Morgan fingerprint density at radius 2 is 2.24 bits per heavy atom. The number of nitrogens with zero attached hydrogens (tertiary/aromatic N) is 1. The Morgan fingerprint density at radius 1 is 1.36 bits per heavy atom. The zero-order chi connectivity index (χ0) is 16.9. The average Bonchev–Trinajstić information content (AvgIpc) is 3.13. The first-order valence-electron chi connectivity index (χ1n) is 8.73. The Bertz CT molecular complexity index is 477. The van der Waals surface area contributed by atoms with Crippen LogP contribution in [-0.2, 0) is 11.2 Å². The van der Waals surface area contributed by atoms with Gasteiger partial charge in [0, 0.05) is 37.6 Å². The third kappa shape index (κ3) is 10.2. The standard InChI is InChI=1S/C18H29N3O2S.HI/c1-2-13-24-14-10-20-18(19-9-8-16-7-5-12-22-16)21-15-17-6-3-4-11-23-17;/h2,5,7,12,17H,1,3-4,6,8-11,13-15H2,(H2,19,20,21);1H. The van der Waals surface area contributed by atoms with Gasteiger partial charge in [0.15, 0.2) is 5.96 Å². The number of guanidine groups is 1. The number of nitrogens with one attached hydrogen (secondary N) is 2. The van der Waals surface area contributed by atoms with Gasteiger partial charge in [0.25, 0.3) is 0 Å². The Labute approximate surface area is 172 Å². The highest BCUT2D eigenvalue weighted by Crippen LogP contribution is 2.12. The lowest BCUT2D eigenvalue weighted by Gasteiger charge is -2.21. The van der Waals surface area contributed by atoms with Crippen molar-refractivity contribution in [1.82, 2.24) is 10.6 Å². The third-order valence-electron chi connectivity index (χ3n) is 3.75. The molecular weight excluding hydrogens is 449 g/mol. The molecule has 7 heteroatoms. The van der Waals surface area contributed by atoms with E-state index in [4.69, 9.17) is 14.1 Å². The summed E-state index contributed by atoms with van der Waals surface area (Å²) in [5.41, 5.74) is 0. The topological polar surface area (TPSA) is 58.8 Å². The van der Waals surface area contributed by atoms with Crippen LogP contribution in [0.1, 0.15) is 25.0 Å². The van der Waals surface area contributed by atoms with E-state index in [0.29, 0.717) is 0 Å². The van der Waals surface area contributed by atoms with Gasteiger partial charge in [-0.15, -0.1) is 30.6 Å². The van der Waals surface area contributed by atoms with Gasteiger partial charge in [0.1, 0.15) is 5.76 Å². The van der Waals surface area contributed by atoms with E-state index >= 15 is 0 Å². The highest BCUT2D eigenvalue weighted by atomic mass is 127. The maximum Gasteiger partial charge on any atom is 0.191 e. The molecule has 0 aliphatic carbocycles. The summed E-state index contributed by atoms with van der Waals surface area (Å²) < 4.78 is 11.1. The molecule has 0 amide bonds. The van der Waals surface area contributed by atoms with Crippen molar-refractivity contribution >= 4 is 41.7 Å². The van der Waals surface area contributed by atoms with Crippen LogP contribution in [0, 0.1) is 0 Å². The summed E-state index contributed by atoms with van der Waals surface area (Å²) in [4.78, 5) is 4.69. The van der Waals surface area contributed by atoms with Crippen molar-refractivity contribution in [2.75, 3.05) is 37.7 Å². The van der Waals surface area contributed by atoms with Crippen molar-refractivity contribution in [2.45, 2.75) is 31.8 Å². The molecule has 0 radical (unpaired) electrons. The third-order valence-corrected chi connectivity index (χ3v) is 4.71. The van der Waals surface area contributed by atoms with E-state index in [2.05, 4.69) is 17.2 Å². The number of thioether (sulfide) groups is 1. The molecule has 1 aliphatic rings. The largest absolute Gasteiger partial charge is 0.469 e. The second-order valence-corrected chi connectivity index (χ2v) is 6.87. The Hall–Kier alpha value is -0.670. The van der Waals surface area contributed by atoms with E-state index in [1.54, 1.807) is 6.26 Å². The summed E-state index contributed by atoms with van der Waals surface area (Å²) in [6.07, 6.45) is 8.27. The molecule has 25 heavy (non-hydrogen) atoms. The maximum atomic E-state index is 5.76. The predicted octanol–water partition coefficient (Wildman–Crippen LogP) is 3.46. The average molecular weight is 479 g/mol. The minimum atomic E-state index is 0. The van der Waals surface area contributed by atoms with Gasteiger partial charge in [-0.1, -0.05) is 6.08 Å². The van der Waals surface area contributed by atoms with Crippen LogP contribution in [0.3, 0.4) is 0 Å². The van der Waals surface area contributed by atoms with Crippen molar-refractivity contribution in [1.29, 1.82) is 0 Å². The molecule has 1 saturated heterocycles. The highest BCUT2D eigenvalue weighted by molar-refractivity contribution is 14.0. The highest BCUT2D eigenvalue weighted by Gasteiger charge is 2.13. The van der Waals surface area contributed by atoms with Crippen molar-refractivity contribution in [2.24, 2.45) is 4.99 Å². The molecule has 0 saturated carbocycles. The number of rotatable bonds is 10. The molecule has 1 aromatic rings. The molecular formula is C18H30IN3O2S. The molecule has 1 aromatic heterocycles. The second-order valence-electron chi connectivity index (χ2n) is 5.72. The first-order chi connectivity index (χ1) is 11.9. The lowest BCUT2D eigenvalue weighted by Crippen LogP contribution is -2.40. The number of aliphatic imine (C=N–C) groups is 1. The fourth-order valence-corrected chi connectivity index (χ4v) is 3.07. The van der Waals surface area contributed by atoms with Gasteiger partial charge >= 0.3 is 0 Å². The first kappa shape index (κ1) is 22.4. The minimum Gasteiger partial charge on any atom is -0.469 e. The quantitative estimate of drug-likeness (QED) is 0.177. The molecule has 142 valence electrons. The maximum absolute atomic E-state index is 5.76. The number of halogens is 1. The van der Waals surface area contributed by atoms with Crippen molar-refractivity contribution in [3.63, 3.8) is 0 Å². The van der Waals surface area contributed by atoms with Crippen molar-refractivity contribution in [3.05, 3.63) is 36.8 Å². The lowest BCUT2D eigenvalue weighted by atomic mass is 10.1. The lowest BCUT2D eigenvalue weighted by molar-refractivity contribution is 0.0224. The fraction of sp³-hybridized carbons (Fsp3) is 0.611. The molecule has 1 unspecified atom stereocenters. The number of hydrogen-bond donors (Lipinski definition) is 2. The van der Waals surface area contributed by atoms with Gasteiger partial charge in [0.2, 0.25) is 0 Å². The van der Waals surface area contributed by atoms with Gasteiger partial charge in [-0.25, -0.2) is 0 Å². The van der Waals surface area contributed by atoms with Crippen LogP contribution < -0.4 is 10.6 Å². The van der Waals surface area contributed by atoms with Crippen LogP contribution in [0.5, 0.6) is 0 Å². The zero-order valence-corrected chi connectivity index (χ0v) is 17.9. The molecule has 1 aliphatic heterocycles. The van der Waals surface area contributed by atoms with Crippen LogP contribution in [0.25, 0.3) is 0 Å². The Morgan fingerprint density at radius 3 is 2.96 bits per heavy atom. The van der Waals surface area contributed by atoms with Crippen LogP contribution >= 0.6 is 35.7 Å². The smallest absolute Gasteiger partial charge is 0.191 e. The number of furan rings is 1. The molecule has 5 nitrogen and oxygen atoms in total. The first-order valence-corrected chi connectivity index (χ1v) is 9.89. The summed E-state index contributed by atoms with van der Waals surface area (Å²) >= 11 is 1.86. The van der Waals surface area contributed by atoms with E-state index < -0.39 is 0 Å². The van der Waals surface area contributed by atoms with E-state index in [9.17, 15) is 0 Å². The van der Waals surface area contributed by atoms with E-state index in [1.165, 1.54) is 12.8 Å². The Kier molecular flexibility index (Phi) is 13.0. The van der Waals surface area contributed by atoms with Crippen molar-refractivity contribution < 1.29 is 9.15 Å². The predicted molar refractivity (Wildman–Crippen MR) is 117 cm³/mol. The van der Waals surface area contributed by atoms with Crippen LogP contribution in [0.15, 0.2) is 40.5 Å².